The highest BCUT2D eigenvalue weighted by atomic mass is 32.1. The summed E-state index contributed by atoms with van der Waals surface area (Å²) < 4.78 is 9.13. The number of hydrogen-bond acceptors (Lipinski definition) is 4. The molecule has 0 unspecified atom stereocenters. The lowest BCUT2D eigenvalue weighted by molar-refractivity contribution is 0.597. The molecule has 2 aromatic carbocycles. The number of hydrogen-bond donors (Lipinski definition) is 0. The van der Waals surface area contributed by atoms with Crippen molar-refractivity contribution in [2.24, 2.45) is 5.92 Å². The van der Waals surface area contributed by atoms with E-state index in [1.54, 1.807) is 0 Å². The number of rotatable bonds is 3. The van der Waals surface area contributed by atoms with E-state index in [0.717, 1.165) is 39.6 Å². The number of fused-ring (bicyclic) bond motifs is 5. The fraction of sp³-hybridized carbons (Fsp3) is 0.300. The summed E-state index contributed by atoms with van der Waals surface area (Å²) in [5, 5.41) is 7.09. The minimum Gasteiger partial charge on any atom is -0.456 e. The molecule has 0 aliphatic carbocycles. The van der Waals surface area contributed by atoms with Crippen LogP contribution in [0, 0.1) is 12.8 Å². The van der Waals surface area contributed by atoms with Crippen molar-refractivity contribution in [2.75, 3.05) is 0 Å². The molecule has 0 N–H and O–H groups in total. The highest BCUT2D eigenvalue weighted by Crippen LogP contribution is 2.43. The van der Waals surface area contributed by atoms with Crippen molar-refractivity contribution < 1.29 is 4.42 Å². The summed E-state index contributed by atoms with van der Waals surface area (Å²) in [6.07, 6.45) is 2.98. The van der Waals surface area contributed by atoms with Crippen LogP contribution in [-0.2, 0) is 11.8 Å². The topological polar surface area (TPSA) is 26.0 Å². The van der Waals surface area contributed by atoms with Gasteiger partial charge in [0.05, 0.1) is 11.1 Å². The van der Waals surface area contributed by atoms with Gasteiger partial charge in [0.15, 0.2) is 0 Å². The third kappa shape index (κ3) is 3.38. The first kappa shape index (κ1) is 21.8. The Bertz CT molecular complexity index is 1710. The average molecular weight is 484 g/mol. The largest absolute Gasteiger partial charge is 0.456 e. The zero-order valence-electron chi connectivity index (χ0n) is 20.6. The molecule has 34 heavy (non-hydrogen) atoms. The summed E-state index contributed by atoms with van der Waals surface area (Å²) in [6, 6.07) is 13.4. The Balaban J connectivity index is 1.65. The van der Waals surface area contributed by atoms with Gasteiger partial charge in [0.2, 0.25) is 0 Å². The van der Waals surface area contributed by atoms with Gasteiger partial charge in [-0.25, -0.2) is 0 Å². The van der Waals surface area contributed by atoms with Crippen molar-refractivity contribution in [3.8, 4) is 11.3 Å². The van der Waals surface area contributed by atoms with Crippen LogP contribution in [0.4, 0.5) is 0 Å². The summed E-state index contributed by atoms with van der Waals surface area (Å²) in [5.41, 5.74) is 6.91. The molecule has 0 radical (unpaired) electrons. The Labute approximate surface area is 208 Å². The normalized spacial score (nSPS) is 12.8. The zero-order valence-corrected chi connectivity index (χ0v) is 22.2. The summed E-state index contributed by atoms with van der Waals surface area (Å²) in [5.74, 6) is 0.628. The molecule has 4 heteroatoms. The number of thiophene rings is 2. The Morgan fingerprint density at radius 1 is 1.00 bits per heavy atom. The molecule has 6 rings (SSSR count). The lowest BCUT2D eigenvalue weighted by Gasteiger charge is -2.21. The number of nitrogens with zero attached hydrogens (tertiary/aromatic N) is 1. The maximum atomic E-state index is 6.43. The third-order valence-corrected chi connectivity index (χ3v) is 8.82. The van der Waals surface area contributed by atoms with Gasteiger partial charge >= 0.3 is 0 Å². The maximum Gasteiger partial charge on any atom is 0.139 e. The molecular weight excluding hydrogens is 454 g/mol. The predicted octanol–water partition coefficient (Wildman–Crippen LogP) is 9.88. The van der Waals surface area contributed by atoms with Gasteiger partial charge in [-0.05, 0) is 88.4 Å². The van der Waals surface area contributed by atoms with Gasteiger partial charge in [-0.2, -0.15) is 0 Å². The molecule has 0 spiro atoms. The van der Waals surface area contributed by atoms with Crippen molar-refractivity contribution in [1.29, 1.82) is 0 Å². The van der Waals surface area contributed by atoms with Crippen LogP contribution in [0.5, 0.6) is 0 Å². The SMILES string of the molecule is Cc1sc2cc3c(cc2c1CC(C)C)oc1ccnc(-c2cc(C(C)(C)C)c4sccc4c2)c13. The first-order chi connectivity index (χ1) is 16.2. The molecular formula is C30H29NOS2. The van der Waals surface area contributed by atoms with Gasteiger partial charge in [0.1, 0.15) is 11.2 Å². The Morgan fingerprint density at radius 3 is 2.59 bits per heavy atom. The van der Waals surface area contributed by atoms with Crippen LogP contribution in [0.15, 0.2) is 52.4 Å². The molecule has 6 aromatic rings. The van der Waals surface area contributed by atoms with Crippen LogP contribution in [0.25, 0.3) is 53.4 Å². The second kappa shape index (κ2) is 7.66. The van der Waals surface area contributed by atoms with E-state index in [0.29, 0.717) is 5.92 Å². The number of pyridine rings is 1. The standard InChI is InChI=1S/C30H29NOS2/c1-16(2)11-20-17(3)34-26-15-22-25(14-21(20)26)32-24-7-9-31-28(27(22)24)19-12-18-8-10-33-29(18)23(13-19)30(4,5)6/h7-10,12-16H,11H2,1-6H3. The second-order valence-electron chi connectivity index (χ2n) is 10.8. The van der Waals surface area contributed by atoms with E-state index in [-0.39, 0.29) is 5.41 Å². The smallest absolute Gasteiger partial charge is 0.139 e. The van der Waals surface area contributed by atoms with Gasteiger partial charge in [0.25, 0.3) is 0 Å². The van der Waals surface area contributed by atoms with Crippen molar-refractivity contribution in [1.82, 2.24) is 4.98 Å². The van der Waals surface area contributed by atoms with Crippen LogP contribution in [-0.4, -0.2) is 4.98 Å². The minimum absolute atomic E-state index is 0.0545. The quantitative estimate of drug-likeness (QED) is 0.250. The number of benzene rings is 2. The second-order valence-corrected chi connectivity index (χ2v) is 13.0. The number of aromatic nitrogens is 1. The lowest BCUT2D eigenvalue weighted by atomic mass is 9.85. The number of furan rings is 1. The van der Waals surface area contributed by atoms with Crippen molar-refractivity contribution in [3.63, 3.8) is 0 Å². The number of aryl methyl sites for hydroxylation is 1. The molecule has 0 bridgehead atoms. The highest BCUT2D eigenvalue weighted by Gasteiger charge is 2.22. The van der Waals surface area contributed by atoms with E-state index in [9.17, 15) is 0 Å². The molecule has 0 saturated heterocycles. The zero-order chi connectivity index (χ0) is 23.8. The van der Waals surface area contributed by atoms with Crippen LogP contribution >= 0.6 is 22.7 Å². The van der Waals surface area contributed by atoms with Gasteiger partial charge in [0, 0.05) is 31.4 Å². The monoisotopic (exact) mass is 483 g/mol. The van der Waals surface area contributed by atoms with Crippen LogP contribution < -0.4 is 0 Å². The Morgan fingerprint density at radius 2 is 1.82 bits per heavy atom. The van der Waals surface area contributed by atoms with Crippen LogP contribution in [0.2, 0.25) is 0 Å². The molecule has 2 nitrogen and oxygen atoms in total. The fourth-order valence-corrected chi connectivity index (χ4v) is 7.36. The van der Waals surface area contributed by atoms with E-state index < -0.39 is 0 Å². The van der Waals surface area contributed by atoms with Gasteiger partial charge in [-0.3, -0.25) is 4.98 Å². The van der Waals surface area contributed by atoms with Gasteiger partial charge < -0.3 is 4.42 Å². The van der Waals surface area contributed by atoms with Crippen molar-refractivity contribution in [3.05, 3.63) is 64.0 Å². The molecule has 0 aliphatic heterocycles. The lowest BCUT2D eigenvalue weighted by Crippen LogP contribution is -2.11. The van der Waals surface area contributed by atoms with Gasteiger partial charge in [-0.1, -0.05) is 34.6 Å². The first-order valence-electron chi connectivity index (χ1n) is 12.0. The molecule has 0 aliphatic rings. The van der Waals surface area contributed by atoms with E-state index in [4.69, 9.17) is 9.40 Å². The van der Waals surface area contributed by atoms with Gasteiger partial charge in [-0.15, -0.1) is 22.7 Å². The summed E-state index contributed by atoms with van der Waals surface area (Å²) in [7, 11) is 0. The van der Waals surface area contributed by atoms with E-state index >= 15 is 0 Å². The Kier molecular flexibility index (Phi) is 4.91. The average Bonchev–Trinajstić information content (AvgIpc) is 3.46. The maximum absolute atomic E-state index is 6.43. The van der Waals surface area contributed by atoms with Crippen LogP contribution in [0.3, 0.4) is 0 Å². The van der Waals surface area contributed by atoms with E-state index in [2.05, 4.69) is 77.3 Å². The first-order valence-corrected chi connectivity index (χ1v) is 13.7. The molecule has 0 fully saturated rings. The van der Waals surface area contributed by atoms with Crippen LogP contribution in [0.1, 0.15) is 50.6 Å². The van der Waals surface area contributed by atoms with Crippen molar-refractivity contribution >= 4 is 64.8 Å². The summed E-state index contributed by atoms with van der Waals surface area (Å²) in [6.45, 7) is 13.7. The molecule has 0 atom stereocenters. The fourth-order valence-electron chi connectivity index (χ4n) is 5.14. The molecule has 172 valence electrons. The summed E-state index contributed by atoms with van der Waals surface area (Å²) >= 11 is 3.72. The Hall–Kier alpha value is -2.69. The molecule has 0 amide bonds. The molecule has 4 aromatic heterocycles. The van der Waals surface area contributed by atoms with E-state index in [1.165, 1.54) is 36.2 Å². The van der Waals surface area contributed by atoms with Crippen molar-refractivity contribution in [2.45, 2.75) is 53.4 Å². The molecule has 0 saturated carbocycles. The van der Waals surface area contributed by atoms with E-state index in [1.807, 2.05) is 34.9 Å². The molecule has 4 heterocycles. The summed E-state index contributed by atoms with van der Waals surface area (Å²) in [4.78, 5) is 6.32. The predicted molar refractivity (Wildman–Crippen MR) is 150 cm³/mol. The highest BCUT2D eigenvalue weighted by molar-refractivity contribution is 7.19. The minimum atomic E-state index is 0.0545. The third-order valence-electron chi connectivity index (χ3n) is 6.74.